The molecule has 0 saturated carbocycles. The molecule has 0 unspecified atom stereocenters. The third-order valence-corrected chi connectivity index (χ3v) is 7.21. The Morgan fingerprint density at radius 3 is 2.61 bits per heavy atom. The number of thioether (sulfide) groups is 1. The molecule has 1 aromatic carbocycles. The maximum absolute atomic E-state index is 12.6. The zero-order chi connectivity index (χ0) is 22.6. The second kappa shape index (κ2) is 9.36. The Hall–Kier alpha value is -3.10. The van der Waals surface area contributed by atoms with Crippen molar-refractivity contribution in [3.05, 3.63) is 53.0 Å². The van der Waals surface area contributed by atoms with Gasteiger partial charge in [-0.3, -0.25) is 10.1 Å². The van der Waals surface area contributed by atoms with Crippen LogP contribution >= 0.6 is 11.8 Å². The maximum Gasteiger partial charge on any atom is 0.237 e. The maximum atomic E-state index is 12.6. The molecular weight excluding hydrogens is 438 g/mol. The topological polar surface area (TPSA) is 131 Å². The van der Waals surface area contributed by atoms with Crippen molar-refractivity contribution in [3.8, 4) is 6.07 Å². The fourth-order valence-corrected chi connectivity index (χ4v) is 4.99. The molecule has 0 saturated heterocycles. The van der Waals surface area contributed by atoms with Gasteiger partial charge >= 0.3 is 0 Å². The number of benzene rings is 1. The number of nitrogens with one attached hydrogen (secondary N) is 1. The number of furan rings is 1. The molecule has 31 heavy (non-hydrogen) atoms. The number of nitriles is 1. The number of hydrogen-bond donors (Lipinski definition) is 1. The lowest BCUT2D eigenvalue weighted by Gasteiger charge is -2.08. The van der Waals surface area contributed by atoms with Crippen LogP contribution in [-0.4, -0.2) is 34.8 Å². The van der Waals surface area contributed by atoms with Crippen LogP contribution in [0.15, 0.2) is 44.8 Å². The van der Waals surface area contributed by atoms with Gasteiger partial charge in [-0.2, -0.15) is 5.26 Å². The van der Waals surface area contributed by atoms with E-state index in [-0.39, 0.29) is 28.2 Å². The molecular formula is C20H21N5O4S2. The van der Waals surface area contributed by atoms with Crippen LogP contribution in [0.3, 0.4) is 0 Å². The van der Waals surface area contributed by atoms with Gasteiger partial charge in [-0.25, -0.2) is 8.42 Å². The third-order valence-electron chi connectivity index (χ3n) is 4.61. The Balaban J connectivity index is 1.70. The van der Waals surface area contributed by atoms with Crippen molar-refractivity contribution >= 4 is 33.4 Å². The van der Waals surface area contributed by atoms with Crippen LogP contribution < -0.4 is 5.32 Å². The van der Waals surface area contributed by atoms with Crippen molar-refractivity contribution in [2.24, 2.45) is 0 Å². The smallest absolute Gasteiger partial charge is 0.237 e. The predicted octanol–water partition coefficient (Wildman–Crippen LogP) is 3.08. The quantitative estimate of drug-likeness (QED) is 0.509. The zero-order valence-corrected chi connectivity index (χ0v) is 18.9. The summed E-state index contributed by atoms with van der Waals surface area (Å²) >= 11 is 1.12. The van der Waals surface area contributed by atoms with Crippen LogP contribution in [0, 0.1) is 25.2 Å². The van der Waals surface area contributed by atoms with E-state index in [2.05, 4.69) is 15.5 Å². The van der Waals surface area contributed by atoms with Gasteiger partial charge in [-0.15, -0.1) is 10.2 Å². The van der Waals surface area contributed by atoms with Crippen molar-refractivity contribution in [2.45, 2.75) is 43.1 Å². The Morgan fingerprint density at radius 2 is 1.97 bits per heavy atom. The molecule has 3 rings (SSSR count). The summed E-state index contributed by atoms with van der Waals surface area (Å²) in [5, 5.41) is 20.3. The van der Waals surface area contributed by atoms with Crippen molar-refractivity contribution in [2.75, 3.05) is 11.1 Å². The van der Waals surface area contributed by atoms with Gasteiger partial charge in [0.2, 0.25) is 11.8 Å². The lowest BCUT2D eigenvalue weighted by atomic mass is 10.2. The summed E-state index contributed by atoms with van der Waals surface area (Å²) < 4.78 is 32.4. The van der Waals surface area contributed by atoms with Gasteiger partial charge in [0.05, 0.1) is 10.6 Å². The van der Waals surface area contributed by atoms with Gasteiger partial charge in [0.1, 0.15) is 29.0 Å². The molecule has 9 nitrogen and oxygen atoms in total. The molecule has 162 valence electrons. The van der Waals surface area contributed by atoms with Crippen molar-refractivity contribution in [1.29, 1.82) is 5.26 Å². The first-order chi connectivity index (χ1) is 14.8. The summed E-state index contributed by atoms with van der Waals surface area (Å²) in [5.41, 5.74) is 0.974. The minimum Gasteiger partial charge on any atom is -0.444 e. The van der Waals surface area contributed by atoms with E-state index in [4.69, 9.17) is 4.42 Å². The number of rotatable bonds is 8. The molecule has 0 fully saturated rings. The first kappa shape index (κ1) is 22.6. The Labute approximate surface area is 184 Å². The van der Waals surface area contributed by atoms with Crippen LogP contribution in [0.5, 0.6) is 0 Å². The molecule has 2 aromatic heterocycles. The van der Waals surface area contributed by atoms with Crippen molar-refractivity contribution in [1.82, 2.24) is 14.8 Å². The minimum atomic E-state index is -3.57. The van der Waals surface area contributed by atoms with Crippen molar-refractivity contribution < 1.29 is 17.6 Å². The van der Waals surface area contributed by atoms with E-state index < -0.39 is 9.84 Å². The van der Waals surface area contributed by atoms with E-state index in [0.29, 0.717) is 34.4 Å². The monoisotopic (exact) mass is 459 g/mol. The molecule has 1 amide bonds. The summed E-state index contributed by atoms with van der Waals surface area (Å²) in [5.74, 6) is 0.316. The molecule has 0 radical (unpaired) electrons. The average molecular weight is 460 g/mol. The largest absolute Gasteiger partial charge is 0.444 e. The Morgan fingerprint density at radius 1 is 1.26 bits per heavy atom. The molecule has 2 heterocycles. The molecule has 0 bridgehead atoms. The second-order valence-corrected chi connectivity index (χ2v) is 9.58. The molecule has 1 N–H and O–H groups in total. The number of aryl methyl sites for hydroxylation is 1. The number of carbonyl (C=O) groups is 1. The van der Waals surface area contributed by atoms with Crippen LogP contribution in [0.4, 0.5) is 5.88 Å². The summed E-state index contributed by atoms with van der Waals surface area (Å²) in [4.78, 5) is 12.6. The van der Waals surface area contributed by atoms with E-state index in [1.165, 1.54) is 12.1 Å². The number of hydrogen-bond acceptors (Lipinski definition) is 8. The first-order valence-corrected chi connectivity index (χ1v) is 12.0. The standard InChI is InChI=1S/C20H21N5O4S2/c1-4-25-17(12-31(27,28)15-8-6-5-7-9-15)23-24-20(25)30-11-18(26)22-19-16(10-21)13(2)14(3)29-19/h5-9H,4,11-12H2,1-3H3,(H,22,26). The average Bonchev–Trinajstić information content (AvgIpc) is 3.25. The fourth-order valence-electron chi connectivity index (χ4n) is 2.87. The number of carbonyl (C=O) groups excluding carboxylic acids is 1. The molecule has 0 aliphatic carbocycles. The number of sulfone groups is 1. The zero-order valence-electron chi connectivity index (χ0n) is 17.2. The summed E-state index contributed by atoms with van der Waals surface area (Å²) in [7, 11) is -3.57. The van der Waals surface area contributed by atoms with E-state index in [9.17, 15) is 18.5 Å². The summed E-state index contributed by atoms with van der Waals surface area (Å²) in [6, 6.07) is 10.2. The molecule has 0 spiro atoms. The molecule has 0 aliphatic heterocycles. The number of nitrogens with zero attached hydrogens (tertiary/aromatic N) is 4. The van der Waals surface area contributed by atoms with Gasteiger partial charge < -0.3 is 8.98 Å². The van der Waals surface area contributed by atoms with E-state index in [0.717, 1.165) is 11.8 Å². The van der Waals surface area contributed by atoms with Crippen LogP contribution in [-0.2, 0) is 26.9 Å². The van der Waals surface area contributed by atoms with Crippen LogP contribution in [0.25, 0.3) is 0 Å². The van der Waals surface area contributed by atoms with Gasteiger partial charge in [0.25, 0.3) is 0 Å². The van der Waals surface area contributed by atoms with Gasteiger partial charge in [0.15, 0.2) is 15.0 Å². The van der Waals surface area contributed by atoms with Gasteiger partial charge in [-0.1, -0.05) is 30.0 Å². The lowest BCUT2D eigenvalue weighted by molar-refractivity contribution is -0.113. The number of amides is 1. The number of anilines is 1. The minimum absolute atomic E-state index is 0.00671. The van der Waals surface area contributed by atoms with E-state index in [1.807, 2.05) is 13.0 Å². The third kappa shape index (κ3) is 4.98. The van der Waals surface area contributed by atoms with E-state index in [1.54, 1.807) is 36.6 Å². The Bertz CT molecular complexity index is 1240. The number of aromatic nitrogens is 3. The summed E-state index contributed by atoms with van der Waals surface area (Å²) in [6.45, 7) is 5.76. The Kier molecular flexibility index (Phi) is 6.82. The molecule has 0 atom stereocenters. The molecule has 3 aromatic rings. The SMILES string of the molecule is CCn1c(CS(=O)(=O)c2ccccc2)nnc1SCC(=O)Nc1oc(C)c(C)c1C#N. The van der Waals surface area contributed by atoms with Crippen molar-refractivity contribution in [3.63, 3.8) is 0 Å². The van der Waals surface area contributed by atoms with Crippen LogP contribution in [0.2, 0.25) is 0 Å². The highest BCUT2D eigenvalue weighted by Gasteiger charge is 2.22. The lowest BCUT2D eigenvalue weighted by Crippen LogP contribution is -2.15. The van der Waals surface area contributed by atoms with E-state index >= 15 is 0 Å². The predicted molar refractivity (Wildman–Crippen MR) is 115 cm³/mol. The van der Waals surface area contributed by atoms with Gasteiger partial charge in [-0.05, 0) is 32.9 Å². The molecule has 11 heteroatoms. The normalized spacial score (nSPS) is 11.3. The highest BCUT2D eigenvalue weighted by molar-refractivity contribution is 7.99. The van der Waals surface area contributed by atoms with Gasteiger partial charge in [0, 0.05) is 12.1 Å². The highest BCUT2D eigenvalue weighted by Crippen LogP contribution is 2.26. The highest BCUT2D eigenvalue weighted by atomic mass is 32.2. The molecule has 0 aliphatic rings. The second-order valence-electron chi connectivity index (χ2n) is 6.65. The van der Waals surface area contributed by atoms with Crippen LogP contribution in [0.1, 0.15) is 29.6 Å². The summed E-state index contributed by atoms with van der Waals surface area (Å²) in [6.07, 6.45) is 0. The fraction of sp³-hybridized carbons (Fsp3) is 0.300. The first-order valence-electron chi connectivity index (χ1n) is 9.39.